The fourth-order valence-corrected chi connectivity index (χ4v) is 1.41. The van der Waals surface area contributed by atoms with Crippen molar-refractivity contribution in [1.29, 1.82) is 0 Å². The van der Waals surface area contributed by atoms with E-state index >= 15 is 0 Å². The number of methoxy groups -OCH3 is 1. The van der Waals surface area contributed by atoms with E-state index in [1.54, 1.807) is 6.07 Å². The summed E-state index contributed by atoms with van der Waals surface area (Å²) in [5, 5.41) is 6.93. The van der Waals surface area contributed by atoms with E-state index in [4.69, 9.17) is 5.53 Å². The van der Waals surface area contributed by atoms with E-state index in [2.05, 4.69) is 14.8 Å². The van der Waals surface area contributed by atoms with E-state index in [9.17, 15) is 4.79 Å². The highest BCUT2D eigenvalue weighted by Crippen LogP contribution is 2.12. The first-order chi connectivity index (χ1) is 6.77. The quantitative estimate of drug-likeness (QED) is 0.252. The Hall–Kier alpha value is -1.78. The Bertz CT molecular complexity index is 391. The van der Waals surface area contributed by atoms with Crippen LogP contribution in [-0.4, -0.2) is 13.1 Å². The van der Waals surface area contributed by atoms with E-state index in [1.807, 2.05) is 10.8 Å². The topological polar surface area (TPSA) is 75.1 Å². The maximum atomic E-state index is 11.1. The van der Waals surface area contributed by atoms with Crippen molar-refractivity contribution in [2.45, 2.75) is 0 Å². The van der Waals surface area contributed by atoms with Crippen LogP contribution in [0.5, 0.6) is 0 Å². The van der Waals surface area contributed by atoms with Gasteiger partial charge in [-0.25, -0.2) is 4.79 Å². The van der Waals surface area contributed by atoms with Crippen LogP contribution < -0.4 is 0 Å². The zero-order valence-electron chi connectivity index (χ0n) is 7.38. The van der Waals surface area contributed by atoms with Crippen LogP contribution in [0, 0.1) is 0 Å². The first-order valence-corrected chi connectivity index (χ1v) is 4.59. The average Bonchev–Trinajstić information content (AvgIpc) is 2.68. The Morgan fingerprint density at radius 1 is 1.79 bits per heavy atom. The predicted molar refractivity (Wildman–Crippen MR) is 53.5 cm³/mol. The molecule has 0 spiro atoms. The lowest BCUT2D eigenvalue weighted by atomic mass is 10.3. The maximum Gasteiger partial charge on any atom is 0.340 e. The zero-order chi connectivity index (χ0) is 10.4. The Morgan fingerprint density at radius 2 is 2.57 bits per heavy atom. The molecular formula is C8H7N3O2S. The third kappa shape index (κ3) is 2.62. The molecule has 1 aromatic heterocycles. The lowest BCUT2D eigenvalue weighted by Gasteiger charge is -1.96. The van der Waals surface area contributed by atoms with Crippen molar-refractivity contribution < 1.29 is 9.53 Å². The van der Waals surface area contributed by atoms with Crippen molar-refractivity contribution in [3.63, 3.8) is 0 Å². The number of hydrogen-bond donors (Lipinski definition) is 0. The molecule has 1 heterocycles. The molecule has 0 bridgehead atoms. The second-order valence-electron chi connectivity index (χ2n) is 2.27. The summed E-state index contributed by atoms with van der Waals surface area (Å²) in [4.78, 5) is 13.6. The van der Waals surface area contributed by atoms with Crippen LogP contribution in [0.25, 0.3) is 16.5 Å². The minimum Gasteiger partial charge on any atom is -0.466 e. The number of carbonyl (C=O) groups excluding carboxylic acids is 1. The summed E-state index contributed by atoms with van der Waals surface area (Å²) in [6.45, 7) is 0. The molecule has 0 amide bonds. The lowest BCUT2D eigenvalue weighted by Crippen LogP contribution is -2.01. The Labute approximate surface area is 84.3 Å². The standard InChI is InChI=1S/C8H7N3O2S/c1-13-8(12)7(10-11-9)4-6-2-3-14-5-6/h2-5H,1H3/b7-4-. The van der Waals surface area contributed by atoms with Crippen LogP contribution in [0.15, 0.2) is 27.6 Å². The van der Waals surface area contributed by atoms with Gasteiger partial charge in [0.25, 0.3) is 0 Å². The van der Waals surface area contributed by atoms with E-state index in [0.717, 1.165) is 5.56 Å². The molecule has 5 nitrogen and oxygen atoms in total. The van der Waals surface area contributed by atoms with Crippen LogP contribution in [0.1, 0.15) is 5.56 Å². The molecule has 1 rings (SSSR count). The number of esters is 1. The summed E-state index contributed by atoms with van der Waals surface area (Å²) in [5.41, 5.74) is 8.98. The van der Waals surface area contributed by atoms with E-state index in [1.165, 1.54) is 24.5 Å². The van der Waals surface area contributed by atoms with Crippen molar-refractivity contribution in [3.05, 3.63) is 38.5 Å². The van der Waals surface area contributed by atoms with Crippen LogP contribution in [0.3, 0.4) is 0 Å². The van der Waals surface area contributed by atoms with Gasteiger partial charge in [0, 0.05) is 4.91 Å². The number of hydrogen-bond acceptors (Lipinski definition) is 4. The molecule has 0 aliphatic carbocycles. The van der Waals surface area contributed by atoms with Gasteiger partial charge in [-0.05, 0) is 34.0 Å². The Kier molecular flexibility index (Phi) is 3.72. The second-order valence-corrected chi connectivity index (χ2v) is 3.05. The molecule has 1 aromatic rings. The molecule has 0 N–H and O–H groups in total. The fourth-order valence-electron chi connectivity index (χ4n) is 0.796. The number of rotatable bonds is 3. The van der Waals surface area contributed by atoms with Crippen LogP contribution in [-0.2, 0) is 9.53 Å². The number of carbonyl (C=O) groups is 1. The van der Waals surface area contributed by atoms with Gasteiger partial charge in [0.1, 0.15) is 5.70 Å². The van der Waals surface area contributed by atoms with Gasteiger partial charge in [-0.3, -0.25) is 0 Å². The second kappa shape index (κ2) is 5.06. The van der Waals surface area contributed by atoms with Gasteiger partial charge in [-0.15, -0.1) is 0 Å². The van der Waals surface area contributed by atoms with Crippen LogP contribution in [0.2, 0.25) is 0 Å². The number of nitrogens with zero attached hydrogens (tertiary/aromatic N) is 3. The molecule has 6 heteroatoms. The highest BCUT2D eigenvalue weighted by molar-refractivity contribution is 7.08. The normalized spacial score (nSPS) is 10.5. The zero-order valence-corrected chi connectivity index (χ0v) is 8.19. The minimum atomic E-state index is -0.644. The summed E-state index contributed by atoms with van der Waals surface area (Å²) in [6, 6.07) is 1.81. The molecule has 0 saturated carbocycles. The predicted octanol–water partition coefficient (Wildman–Crippen LogP) is 2.57. The number of thiophene rings is 1. The van der Waals surface area contributed by atoms with Gasteiger partial charge >= 0.3 is 5.97 Å². The SMILES string of the molecule is COC(=O)/C(=C/c1ccsc1)N=[N+]=[N-]. The Morgan fingerprint density at radius 3 is 3.07 bits per heavy atom. The van der Waals surface area contributed by atoms with Gasteiger partial charge in [0.05, 0.1) is 7.11 Å². The minimum absolute atomic E-state index is 0.0478. The van der Waals surface area contributed by atoms with Crippen LogP contribution >= 0.6 is 11.3 Å². The molecule has 0 atom stereocenters. The molecule has 0 aliphatic rings. The van der Waals surface area contributed by atoms with Crippen molar-refractivity contribution in [2.24, 2.45) is 5.11 Å². The molecular weight excluding hydrogens is 202 g/mol. The summed E-state index contributed by atoms with van der Waals surface area (Å²) in [6.07, 6.45) is 1.47. The highest BCUT2D eigenvalue weighted by Gasteiger charge is 2.06. The smallest absolute Gasteiger partial charge is 0.340 e. The van der Waals surface area contributed by atoms with Gasteiger partial charge in [-0.1, -0.05) is 5.11 Å². The first-order valence-electron chi connectivity index (χ1n) is 3.65. The van der Waals surface area contributed by atoms with Gasteiger partial charge in [0.15, 0.2) is 0 Å². The first kappa shape index (κ1) is 10.3. The van der Waals surface area contributed by atoms with Gasteiger partial charge < -0.3 is 4.74 Å². The molecule has 0 saturated heterocycles. The molecule has 0 fully saturated rings. The monoisotopic (exact) mass is 209 g/mol. The number of ether oxygens (including phenoxy) is 1. The highest BCUT2D eigenvalue weighted by atomic mass is 32.1. The average molecular weight is 209 g/mol. The third-order valence-corrected chi connectivity index (χ3v) is 2.10. The lowest BCUT2D eigenvalue weighted by molar-refractivity contribution is -0.136. The largest absolute Gasteiger partial charge is 0.466 e. The summed E-state index contributed by atoms with van der Waals surface area (Å²) >= 11 is 1.49. The van der Waals surface area contributed by atoms with E-state index < -0.39 is 5.97 Å². The van der Waals surface area contributed by atoms with E-state index in [0.29, 0.717) is 0 Å². The van der Waals surface area contributed by atoms with Crippen molar-refractivity contribution in [3.8, 4) is 0 Å². The summed E-state index contributed by atoms with van der Waals surface area (Å²) < 4.78 is 4.44. The molecule has 72 valence electrons. The molecule has 0 radical (unpaired) electrons. The number of azide groups is 1. The molecule has 0 aliphatic heterocycles. The van der Waals surface area contributed by atoms with Crippen molar-refractivity contribution in [1.82, 2.24) is 0 Å². The van der Waals surface area contributed by atoms with Crippen LogP contribution in [0.4, 0.5) is 0 Å². The third-order valence-electron chi connectivity index (χ3n) is 1.39. The molecule has 0 aromatic carbocycles. The Balaban J connectivity index is 2.99. The summed E-state index contributed by atoms with van der Waals surface area (Å²) in [5.74, 6) is -0.644. The van der Waals surface area contributed by atoms with Crippen molar-refractivity contribution >= 4 is 23.4 Å². The molecule has 0 unspecified atom stereocenters. The van der Waals surface area contributed by atoms with Crippen molar-refractivity contribution in [2.75, 3.05) is 7.11 Å². The molecule has 14 heavy (non-hydrogen) atoms. The fraction of sp³-hybridized carbons (Fsp3) is 0.125. The summed E-state index contributed by atoms with van der Waals surface area (Å²) in [7, 11) is 1.23. The van der Waals surface area contributed by atoms with Gasteiger partial charge in [0.2, 0.25) is 0 Å². The van der Waals surface area contributed by atoms with Gasteiger partial charge in [-0.2, -0.15) is 11.3 Å². The van der Waals surface area contributed by atoms with E-state index in [-0.39, 0.29) is 5.70 Å². The maximum absolute atomic E-state index is 11.1.